The minimum Gasteiger partial charge on any atom is -0.497 e. The first-order chi connectivity index (χ1) is 8.93. The van der Waals surface area contributed by atoms with Crippen LogP contribution in [0.4, 0.5) is 0 Å². The number of hydrogen-bond donors (Lipinski definition) is 1. The number of nitrogens with zero attached hydrogens (tertiary/aromatic N) is 1. The van der Waals surface area contributed by atoms with E-state index in [-0.39, 0.29) is 24.8 Å². The van der Waals surface area contributed by atoms with Crippen molar-refractivity contribution in [3.05, 3.63) is 29.8 Å². The van der Waals surface area contributed by atoms with E-state index in [1.165, 1.54) is 11.9 Å². The molecule has 1 amide bonds. The molecule has 1 aromatic rings. The highest BCUT2D eigenvalue weighted by molar-refractivity contribution is 5.81. The molecular weight excluding hydrogens is 246 g/mol. The maximum absolute atomic E-state index is 11.8. The second-order valence-electron chi connectivity index (χ2n) is 4.52. The SMILES string of the molecule is COc1ccc(C(C)CC(=O)N(C)CC(=O)O)cc1. The van der Waals surface area contributed by atoms with Crippen molar-refractivity contribution in [2.45, 2.75) is 19.3 Å². The third kappa shape index (κ3) is 4.62. The maximum atomic E-state index is 11.8. The molecule has 1 unspecified atom stereocenters. The van der Waals surface area contributed by atoms with E-state index >= 15 is 0 Å². The minimum atomic E-state index is -1.01. The topological polar surface area (TPSA) is 66.8 Å². The van der Waals surface area contributed by atoms with E-state index in [0.717, 1.165) is 11.3 Å². The van der Waals surface area contributed by atoms with Crippen LogP contribution in [0.1, 0.15) is 24.8 Å². The van der Waals surface area contributed by atoms with Gasteiger partial charge in [-0.25, -0.2) is 0 Å². The van der Waals surface area contributed by atoms with Gasteiger partial charge in [0.2, 0.25) is 5.91 Å². The van der Waals surface area contributed by atoms with Crippen LogP contribution in [0.25, 0.3) is 0 Å². The third-order valence-electron chi connectivity index (χ3n) is 2.96. The van der Waals surface area contributed by atoms with Gasteiger partial charge in [-0.3, -0.25) is 9.59 Å². The molecule has 0 aliphatic heterocycles. The first kappa shape index (κ1) is 15.0. The summed E-state index contributed by atoms with van der Waals surface area (Å²) in [5, 5.41) is 8.63. The van der Waals surface area contributed by atoms with Crippen molar-refractivity contribution in [3.63, 3.8) is 0 Å². The first-order valence-electron chi connectivity index (χ1n) is 6.03. The number of benzene rings is 1. The average molecular weight is 265 g/mol. The minimum absolute atomic E-state index is 0.0367. The van der Waals surface area contributed by atoms with E-state index < -0.39 is 5.97 Å². The van der Waals surface area contributed by atoms with Crippen LogP contribution in [-0.4, -0.2) is 42.6 Å². The van der Waals surface area contributed by atoms with Crippen LogP contribution in [0.15, 0.2) is 24.3 Å². The number of likely N-dealkylation sites (N-methyl/N-ethyl adjacent to an activating group) is 1. The van der Waals surface area contributed by atoms with Crippen LogP contribution >= 0.6 is 0 Å². The quantitative estimate of drug-likeness (QED) is 0.850. The number of carboxylic acid groups (broad SMARTS) is 1. The molecule has 19 heavy (non-hydrogen) atoms. The normalized spacial score (nSPS) is 11.7. The summed E-state index contributed by atoms with van der Waals surface area (Å²) in [7, 11) is 3.10. The zero-order valence-electron chi connectivity index (χ0n) is 11.4. The highest BCUT2D eigenvalue weighted by atomic mass is 16.5. The molecule has 0 bridgehead atoms. The van der Waals surface area contributed by atoms with Crippen molar-refractivity contribution in [2.75, 3.05) is 20.7 Å². The van der Waals surface area contributed by atoms with Crippen molar-refractivity contribution in [2.24, 2.45) is 0 Å². The summed E-state index contributed by atoms with van der Waals surface area (Å²) < 4.78 is 5.07. The largest absolute Gasteiger partial charge is 0.497 e. The van der Waals surface area contributed by atoms with Crippen molar-refractivity contribution < 1.29 is 19.4 Å². The van der Waals surface area contributed by atoms with Gasteiger partial charge in [-0.1, -0.05) is 19.1 Å². The Hall–Kier alpha value is -2.04. The summed E-state index contributed by atoms with van der Waals surface area (Å²) in [6.07, 6.45) is 0.288. The molecule has 0 saturated carbocycles. The number of rotatable bonds is 6. The fraction of sp³-hybridized carbons (Fsp3) is 0.429. The number of ether oxygens (including phenoxy) is 1. The van der Waals surface area contributed by atoms with Crippen LogP contribution in [0.3, 0.4) is 0 Å². The molecule has 1 aromatic carbocycles. The van der Waals surface area contributed by atoms with Gasteiger partial charge >= 0.3 is 5.97 Å². The first-order valence-corrected chi connectivity index (χ1v) is 6.03. The lowest BCUT2D eigenvalue weighted by atomic mass is 9.97. The number of methoxy groups -OCH3 is 1. The van der Waals surface area contributed by atoms with Crippen LogP contribution < -0.4 is 4.74 Å². The molecule has 5 nitrogen and oxygen atoms in total. The smallest absolute Gasteiger partial charge is 0.323 e. The van der Waals surface area contributed by atoms with E-state index in [1.807, 2.05) is 31.2 Å². The molecule has 0 aliphatic carbocycles. The van der Waals surface area contributed by atoms with E-state index in [2.05, 4.69) is 0 Å². The van der Waals surface area contributed by atoms with Gasteiger partial charge < -0.3 is 14.7 Å². The number of carboxylic acids is 1. The molecule has 0 aromatic heterocycles. The highest BCUT2D eigenvalue weighted by Crippen LogP contribution is 2.22. The molecule has 0 fully saturated rings. The zero-order valence-corrected chi connectivity index (χ0v) is 11.4. The van der Waals surface area contributed by atoms with Crippen molar-refractivity contribution in [1.82, 2.24) is 4.90 Å². The summed E-state index contributed by atoms with van der Waals surface area (Å²) in [5.41, 5.74) is 1.03. The van der Waals surface area contributed by atoms with Crippen molar-refractivity contribution in [3.8, 4) is 5.75 Å². The van der Waals surface area contributed by atoms with E-state index in [9.17, 15) is 9.59 Å². The molecular formula is C14H19NO4. The number of carbonyl (C=O) groups is 2. The molecule has 5 heteroatoms. The van der Waals surface area contributed by atoms with Gasteiger partial charge in [0.15, 0.2) is 0 Å². The lowest BCUT2D eigenvalue weighted by molar-refractivity contribution is -0.143. The highest BCUT2D eigenvalue weighted by Gasteiger charge is 2.16. The van der Waals surface area contributed by atoms with Crippen molar-refractivity contribution >= 4 is 11.9 Å². The van der Waals surface area contributed by atoms with Crippen molar-refractivity contribution in [1.29, 1.82) is 0 Å². The number of aliphatic carboxylic acids is 1. The predicted molar refractivity (Wildman–Crippen MR) is 71.3 cm³/mol. The standard InChI is InChI=1S/C14H19NO4/c1-10(8-13(16)15(2)9-14(17)18)11-4-6-12(19-3)7-5-11/h4-7,10H,8-9H2,1-3H3,(H,17,18). The molecule has 1 atom stereocenters. The Bertz CT molecular complexity index is 441. The molecule has 0 radical (unpaired) electrons. The molecule has 1 N–H and O–H groups in total. The number of amides is 1. The summed E-state index contributed by atoms with van der Waals surface area (Å²) in [6, 6.07) is 7.51. The molecule has 0 saturated heterocycles. The molecule has 0 spiro atoms. The second kappa shape index (κ2) is 6.78. The Morgan fingerprint density at radius 2 is 1.89 bits per heavy atom. The van der Waals surface area contributed by atoms with Crippen LogP contribution in [0, 0.1) is 0 Å². The fourth-order valence-corrected chi connectivity index (χ4v) is 1.76. The van der Waals surface area contributed by atoms with Gasteiger partial charge in [0, 0.05) is 13.5 Å². The summed E-state index contributed by atoms with van der Waals surface area (Å²) in [4.78, 5) is 23.6. The van der Waals surface area contributed by atoms with E-state index in [0.29, 0.717) is 0 Å². The Morgan fingerprint density at radius 1 is 1.32 bits per heavy atom. The number of carbonyl (C=O) groups excluding carboxylic acids is 1. The van der Waals surface area contributed by atoms with Gasteiger partial charge in [-0.05, 0) is 23.6 Å². The van der Waals surface area contributed by atoms with Gasteiger partial charge in [0.05, 0.1) is 7.11 Å². The summed E-state index contributed by atoms with van der Waals surface area (Å²) in [5.74, 6) is -0.376. The Kier molecular flexibility index (Phi) is 5.36. The van der Waals surface area contributed by atoms with E-state index in [1.54, 1.807) is 7.11 Å². The lowest BCUT2D eigenvalue weighted by Crippen LogP contribution is -2.32. The predicted octanol–water partition coefficient (Wildman–Crippen LogP) is 1.73. The van der Waals surface area contributed by atoms with Gasteiger partial charge in [0.25, 0.3) is 0 Å². The maximum Gasteiger partial charge on any atom is 0.323 e. The van der Waals surface area contributed by atoms with Crippen LogP contribution in [-0.2, 0) is 9.59 Å². The lowest BCUT2D eigenvalue weighted by Gasteiger charge is -2.18. The molecule has 0 heterocycles. The summed E-state index contributed by atoms with van der Waals surface area (Å²) in [6.45, 7) is 1.67. The molecule has 104 valence electrons. The van der Waals surface area contributed by atoms with Gasteiger partial charge in [-0.15, -0.1) is 0 Å². The monoisotopic (exact) mass is 265 g/mol. The van der Waals surface area contributed by atoms with Crippen LogP contribution in [0.2, 0.25) is 0 Å². The van der Waals surface area contributed by atoms with Gasteiger partial charge in [-0.2, -0.15) is 0 Å². The fourth-order valence-electron chi connectivity index (χ4n) is 1.76. The Balaban J connectivity index is 2.60. The third-order valence-corrected chi connectivity index (χ3v) is 2.96. The Labute approximate surface area is 112 Å². The van der Waals surface area contributed by atoms with E-state index in [4.69, 9.17) is 9.84 Å². The van der Waals surface area contributed by atoms with Crippen LogP contribution in [0.5, 0.6) is 5.75 Å². The Morgan fingerprint density at radius 3 is 2.37 bits per heavy atom. The molecule has 0 aliphatic rings. The molecule has 1 rings (SSSR count). The number of hydrogen-bond acceptors (Lipinski definition) is 3. The zero-order chi connectivity index (χ0) is 14.4. The average Bonchev–Trinajstić information content (AvgIpc) is 2.37. The summed E-state index contributed by atoms with van der Waals surface area (Å²) >= 11 is 0. The van der Waals surface area contributed by atoms with Gasteiger partial charge in [0.1, 0.15) is 12.3 Å². The second-order valence-corrected chi connectivity index (χ2v) is 4.52.